The van der Waals surface area contributed by atoms with E-state index in [9.17, 15) is 24.3 Å². The molecule has 3 saturated carbocycles. The van der Waals surface area contributed by atoms with Gasteiger partial charge in [-0.1, -0.05) is 62.9 Å². The average molecular weight is 613 g/mol. The fraction of sp³-hybridized carbons (Fsp3) is 0.588. The number of alkyl halides is 2. The molecule has 1 N–H and O–H groups in total. The molecule has 5 aliphatic carbocycles. The van der Waals surface area contributed by atoms with E-state index in [1.54, 1.807) is 32.9 Å². The highest BCUT2D eigenvalue weighted by Gasteiger charge is 2.78. The highest BCUT2D eigenvalue weighted by molar-refractivity contribution is 8.15. The predicted octanol–water partition coefficient (Wildman–Crippen LogP) is 5.70. The Morgan fingerprint density at radius 2 is 1.86 bits per heavy atom. The highest BCUT2D eigenvalue weighted by Crippen LogP contribution is 2.72. The highest BCUT2D eigenvalue weighted by atomic mass is 32.2. The summed E-state index contributed by atoms with van der Waals surface area (Å²) in [6, 6.07) is 7.31. The lowest BCUT2D eigenvalue weighted by Crippen LogP contribution is -2.70. The second kappa shape index (κ2) is 10.2. The number of fused-ring (bicyclic) bond motifs is 6. The van der Waals surface area contributed by atoms with Gasteiger partial charge in [-0.25, -0.2) is 8.78 Å². The Balaban J connectivity index is 1.41. The second-order valence-corrected chi connectivity index (χ2v) is 14.7. The fourth-order valence-electron chi connectivity index (χ4n) is 9.37. The van der Waals surface area contributed by atoms with Crippen molar-refractivity contribution in [2.45, 2.75) is 95.0 Å². The molecule has 0 heterocycles. The van der Waals surface area contributed by atoms with Crippen molar-refractivity contribution < 1.29 is 37.8 Å². The van der Waals surface area contributed by atoms with Gasteiger partial charge >= 0.3 is 5.97 Å². The molecular formula is C34H38F2O6S. The minimum atomic E-state index is -2.31. The van der Waals surface area contributed by atoms with E-state index >= 15 is 8.78 Å². The lowest BCUT2D eigenvalue weighted by atomic mass is 9.44. The molecule has 5 aliphatic rings. The van der Waals surface area contributed by atoms with Crippen molar-refractivity contribution in [2.75, 3.05) is 0 Å². The van der Waals surface area contributed by atoms with Crippen LogP contribution >= 0.6 is 11.8 Å². The number of aryl methyl sites for hydroxylation is 1. The van der Waals surface area contributed by atoms with Crippen LogP contribution in [-0.4, -0.2) is 56.6 Å². The Morgan fingerprint density at radius 3 is 2.58 bits per heavy atom. The standard InChI is InChI=1S/C34H38F2O6S/c1-5-28(39)42-34(30(41)43-26-11-10-19-8-6-7-9-21(19)29(26)40)18(2)14-22-23-16-25(35)24-15-20(37)12-13-31(24,3)33(23,36)27(38)17-32(22,34)4/h6-9,12-13,15,18,22-23,25-27,38H,5,10-11,14,16-17H2,1-4H3/t18-,22+,23+,25+,26?,27+,31+,32+,33+,34+/m1/s1. The van der Waals surface area contributed by atoms with E-state index in [-0.39, 0.29) is 37.0 Å². The summed E-state index contributed by atoms with van der Waals surface area (Å²) in [6.45, 7) is 6.70. The van der Waals surface area contributed by atoms with Crippen LogP contribution in [0.15, 0.2) is 48.1 Å². The van der Waals surface area contributed by atoms with Gasteiger partial charge in [0.1, 0.15) is 6.17 Å². The number of ketones is 2. The number of thioether (sulfide) groups is 1. The Bertz CT molecular complexity index is 1470. The van der Waals surface area contributed by atoms with E-state index in [4.69, 9.17) is 4.74 Å². The number of hydrogen-bond donors (Lipinski definition) is 1. The number of halogens is 2. The van der Waals surface area contributed by atoms with Crippen molar-refractivity contribution in [1.82, 2.24) is 0 Å². The van der Waals surface area contributed by atoms with Gasteiger partial charge < -0.3 is 9.84 Å². The maximum absolute atomic E-state index is 17.7. The molecule has 0 saturated heterocycles. The van der Waals surface area contributed by atoms with Crippen molar-refractivity contribution >= 4 is 34.4 Å². The lowest BCUT2D eigenvalue weighted by molar-refractivity contribution is -0.228. The van der Waals surface area contributed by atoms with E-state index < -0.39 is 74.2 Å². The smallest absolute Gasteiger partial charge is 0.306 e. The molecule has 0 amide bonds. The number of carbonyl (C=O) groups is 4. The number of carbonyl (C=O) groups excluding carboxylic acids is 4. The Hall–Kier alpha value is -2.65. The van der Waals surface area contributed by atoms with E-state index in [2.05, 4.69) is 0 Å². The zero-order chi connectivity index (χ0) is 31.1. The van der Waals surface area contributed by atoms with Crippen LogP contribution in [0.25, 0.3) is 0 Å². The van der Waals surface area contributed by atoms with Gasteiger partial charge in [-0.15, -0.1) is 0 Å². The van der Waals surface area contributed by atoms with Gasteiger partial charge in [-0.2, -0.15) is 0 Å². The third-order valence-electron chi connectivity index (χ3n) is 11.5. The molecule has 230 valence electrons. The fourth-order valence-corrected chi connectivity index (χ4v) is 10.7. The Kier molecular flexibility index (Phi) is 7.20. The van der Waals surface area contributed by atoms with Crippen LogP contribution in [0.1, 0.15) is 75.7 Å². The molecule has 43 heavy (non-hydrogen) atoms. The Labute approximate surface area is 254 Å². The zero-order valence-corrected chi connectivity index (χ0v) is 25.7. The summed E-state index contributed by atoms with van der Waals surface area (Å²) >= 11 is 0.874. The summed E-state index contributed by atoms with van der Waals surface area (Å²) in [5.74, 6) is -3.39. The van der Waals surface area contributed by atoms with E-state index in [0.717, 1.165) is 23.4 Å². The van der Waals surface area contributed by atoms with Gasteiger partial charge in [0.25, 0.3) is 0 Å². The van der Waals surface area contributed by atoms with Crippen LogP contribution in [0, 0.1) is 28.6 Å². The first-order chi connectivity index (χ1) is 20.2. The zero-order valence-electron chi connectivity index (χ0n) is 24.9. The SMILES string of the molecule is CCC(=O)O[C@]1(C(=O)SC2CCc3ccccc3C2=O)[C@H](C)C[C@H]2[C@@H]3C[C@H](F)C4=CC(=O)C=C[C@]4(C)[C@@]3(F)[C@@H](O)C[C@@]21C. The number of benzene rings is 1. The normalized spacial score (nSPS) is 43.2. The summed E-state index contributed by atoms with van der Waals surface area (Å²) in [5, 5.41) is 10.6. The lowest BCUT2D eigenvalue weighted by Gasteiger charge is -2.63. The molecule has 0 aromatic heterocycles. The van der Waals surface area contributed by atoms with Crippen molar-refractivity contribution in [2.24, 2.45) is 28.6 Å². The molecule has 1 unspecified atom stereocenters. The molecule has 0 bridgehead atoms. The molecule has 0 spiro atoms. The maximum atomic E-state index is 17.7. The molecule has 6 rings (SSSR count). The quantitative estimate of drug-likeness (QED) is 0.436. The average Bonchev–Trinajstić information content (AvgIpc) is 3.19. The molecule has 0 aliphatic heterocycles. The Morgan fingerprint density at radius 1 is 1.14 bits per heavy atom. The predicted molar refractivity (Wildman–Crippen MR) is 158 cm³/mol. The summed E-state index contributed by atoms with van der Waals surface area (Å²) in [4.78, 5) is 53.2. The van der Waals surface area contributed by atoms with Crippen LogP contribution in [-0.2, 0) is 25.5 Å². The first-order valence-corrected chi connectivity index (χ1v) is 16.1. The molecule has 3 fully saturated rings. The van der Waals surface area contributed by atoms with Crippen LogP contribution < -0.4 is 0 Å². The third-order valence-corrected chi connectivity index (χ3v) is 12.8. The third kappa shape index (κ3) is 3.99. The number of allylic oxidation sites excluding steroid dienone is 4. The molecule has 9 heteroatoms. The van der Waals surface area contributed by atoms with E-state index in [1.165, 1.54) is 19.1 Å². The van der Waals surface area contributed by atoms with Crippen molar-refractivity contribution in [3.05, 3.63) is 59.2 Å². The molecule has 1 aromatic rings. The largest absolute Gasteiger partial charge is 0.449 e. The maximum Gasteiger partial charge on any atom is 0.306 e. The van der Waals surface area contributed by atoms with E-state index in [0.29, 0.717) is 18.4 Å². The van der Waals surface area contributed by atoms with Gasteiger partial charge in [0.05, 0.1) is 11.4 Å². The van der Waals surface area contributed by atoms with Gasteiger partial charge in [0.2, 0.25) is 5.12 Å². The van der Waals surface area contributed by atoms with Crippen LogP contribution in [0.4, 0.5) is 8.78 Å². The monoisotopic (exact) mass is 612 g/mol. The summed E-state index contributed by atoms with van der Waals surface area (Å²) in [5.41, 5.74) is -5.33. The van der Waals surface area contributed by atoms with Crippen molar-refractivity contribution in [3.63, 3.8) is 0 Å². The van der Waals surface area contributed by atoms with Crippen LogP contribution in [0.5, 0.6) is 0 Å². The summed E-state index contributed by atoms with van der Waals surface area (Å²) in [6.07, 6.45) is 1.37. The van der Waals surface area contributed by atoms with Crippen molar-refractivity contribution in [3.8, 4) is 0 Å². The number of rotatable bonds is 4. The topological polar surface area (TPSA) is 97.7 Å². The minimum absolute atomic E-state index is 0.000465. The van der Waals surface area contributed by atoms with Gasteiger partial charge in [-0.3, -0.25) is 19.2 Å². The van der Waals surface area contributed by atoms with Gasteiger partial charge in [-0.05, 0) is 68.2 Å². The summed E-state index contributed by atoms with van der Waals surface area (Å²) < 4.78 is 39.7. The number of Topliss-reactive ketones (excluding diaryl/α,β-unsaturated/α-hetero) is 1. The summed E-state index contributed by atoms with van der Waals surface area (Å²) in [7, 11) is 0. The number of ether oxygens (including phenoxy) is 1. The second-order valence-electron chi connectivity index (χ2n) is 13.5. The number of hydrogen-bond acceptors (Lipinski definition) is 7. The van der Waals surface area contributed by atoms with Gasteiger partial charge in [0.15, 0.2) is 22.8 Å². The minimum Gasteiger partial charge on any atom is -0.449 e. The van der Waals surface area contributed by atoms with Crippen molar-refractivity contribution in [1.29, 1.82) is 0 Å². The molecule has 0 radical (unpaired) electrons. The molecule has 6 nitrogen and oxygen atoms in total. The van der Waals surface area contributed by atoms with Crippen LogP contribution in [0.3, 0.4) is 0 Å². The molecule has 1 aromatic carbocycles. The number of aliphatic hydroxyl groups excluding tert-OH is 1. The van der Waals surface area contributed by atoms with E-state index in [1.807, 2.05) is 12.1 Å². The van der Waals surface area contributed by atoms with Gasteiger partial charge in [0, 0.05) is 34.7 Å². The first kappa shape index (κ1) is 30.4. The first-order valence-electron chi connectivity index (χ1n) is 15.3. The molecular weight excluding hydrogens is 574 g/mol. The number of esters is 1. The van der Waals surface area contributed by atoms with Crippen LogP contribution in [0.2, 0.25) is 0 Å². The number of aliphatic hydroxyl groups is 1. The molecule has 10 atom stereocenters.